The normalized spacial score (nSPS) is 45.0. The summed E-state index contributed by atoms with van der Waals surface area (Å²) in [5, 5.41) is 18.0. The first kappa shape index (κ1) is 6.95. The van der Waals surface area contributed by atoms with Gasteiger partial charge in [-0.2, -0.15) is 0 Å². The van der Waals surface area contributed by atoms with Crippen LogP contribution in [0.5, 0.6) is 0 Å². The molecule has 0 aliphatic carbocycles. The van der Waals surface area contributed by atoms with E-state index >= 15 is 0 Å². The lowest BCUT2D eigenvalue weighted by molar-refractivity contribution is -0.149. The molecule has 2 atom stereocenters. The van der Waals surface area contributed by atoms with Gasteiger partial charge >= 0.3 is 0 Å². The van der Waals surface area contributed by atoms with E-state index in [2.05, 4.69) is 0 Å². The molecule has 0 bridgehead atoms. The summed E-state index contributed by atoms with van der Waals surface area (Å²) in [6.45, 7) is 0.553. The van der Waals surface area contributed by atoms with E-state index in [1.165, 1.54) is 0 Å². The average Bonchev–Trinajstić information content (AvgIpc) is 1.77. The molecule has 0 aromatic carbocycles. The quantitative estimate of drug-likeness (QED) is 0.348. The Morgan fingerprint density at radius 3 is 2.67 bits per heavy atom. The van der Waals surface area contributed by atoms with Crippen LogP contribution in [0.2, 0.25) is 0 Å². The van der Waals surface area contributed by atoms with Crippen LogP contribution in [0.15, 0.2) is 0 Å². The van der Waals surface area contributed by atoms with Crippen LogP contribution < -0.4 is 5.73 Å². The van der Waals surface area contributed by atoms with Crippen LogP contribution in [0.1, 0.15) is 6.42 Å². The molecule has 9 heavy (non-hydrogen) atoms. The molecule has 1 fully saturated rings. The molecule has 0 aromatic heterocycles. The van der Waals surface area contributed by atoms with E-state index in [1.54, 1.807) is 0 Å². The molecule has 1 aliphatic rings. The number of nitrogens with two attached hydrogens (primary N) is 1. The highest BCUT2D eigenvalue weighted by molar-refractivity contribution is 4.82. The van der Waals surface area contributed by atoms with Crippen LogP contribution in [0.4, 0.5) is 0 Å². The van der Waals surface area contributed by atoms with Crippen LogP contribution >= 0.6 is 0 Å². The van der Waals surface area contributed by atoms with E-state index < -0.39 is 11.8 Å². The lowest BCUT2D eigenvalue weighted by Gasteiger charge is -2.32. The summed E-state index contributed by atoms with van der Waals surface area (Å²) in [6.07, 6.45) is -0.639. The van der Waals surface area contributed by atoms with E-state index in [0.717, 1.165) is 0 Å². The van der Waals surface area contributed by atoms with Crippen LogP contribution in [-0.4, -0.2) is 35.3 Å². The lowest BCUT2D eigenvalue weighted by atomic mass is 10.0. The van der Waals surface area contributed by atoms with Crippen molar-refractivity contribution in [1.82, 2.24) is 0 Å². The first-order chi connectivity index (χ1) is 4.13. The molecule has 1 rings (SSSR count). The van der Waals surface area contributed by atoms with E-state index in [9.17, 15) is 0 Å². The van der Waals surface area contributed by atoms with Crippen LogP contribution in [0, 0.1) is 0 Å². The largest absolute Gasteiger partial charge is 0.386 e. The Balaban J connectivity index is 2.49. The fourth-order valence-electron chi connectivity index (χ4n) is 0.742. The van der Waals surface area contributed by atoms with Gasteiger partial charge in [0.1, 0.15) is 11.8 Å². The minimum atomic E-state index is -1.43. The molecule has 0 radical (unpaired) electrons. The maximum atomic E-state index is 9.09. The van der Waals surface area contributed by atoms with Gasteiger partial charge in [0.15, 0.2) is 0 Å². The third-order valence-corrected chi connectivity index (χ3v) is 1.50. The highest BCUT2D eigenvalue weighted by atomic mass is 16.5. The second kappa shape index (κ2) is 2.22. The number of aliphatic hydroxyl groups excluding tert-OH is 1. The van der Waals surface area contributed by atoms with Gasteiger partial charge in [-0.3, -0.25) is 0 Å². The van der Waals surface area contributed by atoms with Crippen molar-refractivity contribution in [3.8, 4) is 0 Å². The summed E-state index contributed by atoms with van der Waals surface area (Å²) in [7, 11) is 0. The van der Waals surface area contributed by atoms with Crippen LogP contribution in [0.25, 0.3) is 0 Å². The lowest BCUT2D eigenvalue weighted by Crippen LogP contribution is -2.56. The summed E-state index contributed by atoms with van der Waals surface area (Å²) >= 11 is 0. The fourth-order valence-corrected chi connectivity index (χ4v) is 0.742. The van der Waals surface area contributed by atoms with Gasteiger partial charge in [-0.25, -0.2) is 0 Å². The minimum absolute atomic E-state index is 0.132. The van der Waals surface area contributed by atoms with Gasteiger partial charge in [-0.15, -0.1) is 0 Å². The molecule has 1 heterocycles. The zero-order chi connectivity index (χ0) is 6.91. The summed E-state index contributed by atoms with van der Waals surface area (Å²) in [4.78, 5) is 0. The van der Waals surface area contributed by atoms with Gasteiger partial charge in [0.05, 0.1) is 13.2 Å². The second-order valence-electron chi connectivity index (χ2n) is 2.33. The molecular formula is C5H11NO3. The number of ether oxygens (including phenoxy) is 1. The van der Waals surface area contributed by atoms with Crippen LogP contribution in [-0.2, 0) is 4.74 Å². The third kappa shape index (κ3) is 1.40. The topological polar surface area (TPSA) is 75.7 Å². The first-order valence-electron chi connectivity index (χ1n) is 2.90. The molecular weight excluding hydrogens is 122 g/mol. The van der Waals surface area contributed by atoms with Gasteiger partial charge in [-0.1, -0.05) is 0 Å². The molecule has 0 saturated carbocycles. The Labute approximate surface area is 53.2 Å². The predicted molar refractivity (Wildman–Crippen MR) is 30.6 cm³/mol. The summed E-state index contributed by atoms with van der Waals surface area (Å²) in [6, 6.07) is 0. The SMILES string of the molecule is NC1(O)CCOCC1O. The van der Waals surface area contributed by atoms with Gasteiger partial charge < -0.3 is 20.7 Å². The average molecular weight is 133 g/mol. The summed E-state index contributed by atoms with van der Waals surface area (Å²) < 4.78 is 4.83. The second-order valence-corrected chi connectivity index (χ2v) is 2.33. The number of hydrogen-bond donors (Lipinski definition) is 3. The highest BCUT2D eigenvalue weighted by Gasteiger charge is 2.34. The van der Waals surface area contributed by atoms with E-state index in [4.69, 9.17) is 20.7 Å². The van der Waals surface area contributed by atoms with Crippen LogP contribution in [0.3, 0.4) is 0 Å². The van der Waals surface area contributed by atoms with Gasteiger partial charge in [-0.05, 0) is 0 Å². The maximum Gasteiger partial charge on any atom is 0.144 e. The van der Waals surface area contributed by atoms with Crippen molar-refractivity contribution in [2.75, 3.05) is 13.2 Å². The zero-order valence-corrected chi connectivity index (χ0v) is 5.08. The summed E-state index contributed by atoms with van der Waals surface area (Å²) in [5.41, 5.74) is 3.81. The number of hydrogen-bond acceptors (Lipinski definition) is 4. The standard InChI is InChI=1S/C5H11NO3/c6-5(8)1-2-9-3-4(5)7/h4,7-8H,1-3,6H2. The Bertz CT molecular complexity index is 104. The van der Waals surface area contributed by atoms with E-state index in [0.29, 0.717) is 13.0 Å². The molecule has 54 valence electrons. The molecule has 0 aromatic rings. The maximum absolute atomic E-state index is 9.09. The minimum Gasteiger partial charge on any atom is -0.386 e. The van der Waals surface area contributed by atoms with Gasteiger partial charge in [0, 0.05) is 6.42 Å². The first-order valence-corrected chi connectivity index (χ1v) is 2.90. The van der Waals surface area contributed by atoms with E-state index in [1.807, 2.05) is 0 Å². The van der Waals surface area contributed by atoms with Crippen molar-refractivity contribution in [3.05, 3.63) is 0 Å². The predicted octanol–water partition coefficient (Wildman–Crippen LogP) is -1.59. The molecule has 0 amide bonds. The Kier molecular flexibility index (Phi) is 1.72. The Morgan fingerprint density at radius 1 is 1.67 bits per heavy atom. The third-order valence-electron chi connectivity index (χ3n) is 1.50. The van der Waals surface area contributed by atoms with Crippen molar-refractivity contribution in [3.63, 3.8) is 0 Å². The van der Waals surface area contributed by atoms with Crippen molar-refractivity contribution < 1.29 is 14.9 Å². The molecule has 4 nitrogen and oxygen atoms in total. The molecule has 0 spiro atoms. The van der Waals surface area contributed by atoms with Crippen molar-refractivity contribution >= 4 is 0 Å². The molecule has 2 unspecified atom stereocenters. The van der Waals surface area contributed by atoms with Crippen molar-refractivity contribution in [2.45, 2.75) is 18.2 Å². The zero-order valence-electron chi connectivity index (χ0n) is 5.08. The number of aliphatic hydroxyl groups is 2. The van der Waals surface area contributed by atoms with Crippen molar-refractivity contribution in [2.24, 2.45) is 5.73 Å². The molecule has 4 heteroatoms. The van der Waals surface area contributed by atoms with Gasteiger partial charge in [0.2, 0.25) is 0 Å². The van der Waals surface area contributed by atoms with Gasteiger partial charge in [0.25, 0.3) is 0 Å². The smallest absolute Gasteiger partial charge is 0.144 e. The molecule has 1 saturated heterocycles. The highest BCUT2D eigenvalue weighted by Crippen LogP contribution is 2.13. The summed E-state index contributed by atoms with van der Waals surface area (Å²) in [5.74, 6) is 0. The molecule has 1 aliphatic heterocycles. The molecule has 4 N–H and O–H groups in total. The fraction of sp³-hybridized carbons (Fsp3) is 1.00. The van der Waals surface area contributed by atoms with E-state index in [-0.39, 0.29) is 6.61 Å². The van der Waals surface area contributed by atoms with Crippen molar-refractivity contribution in [1.29, 1.82) is 0 Å². The Morgan fingerprint density at radius 2 is 2.33 bits per heavy atom. The number of rotatable bonds is 0. The monoisotopic (exact) mass is 133 g/mol. The Hall–Kier alpha value is -0.160.